The monoisotopic (exact) mass is 276 g/mol. The Morgan fingerprint density at radius 2 is 2.00 bits per heavy atom. The van der Waals surface area contributed by atoms with E-state index in [1.165, 1.54) is 36.2 Å². The lowest BCUT2D eigenvalue weighted by Gasteiger charge is -2.30. The number of hydrogen-bond acceptors (Lipinski definition) is 3. The summed E-state index contributed by atoms with van der Waals surface area (Å²) < 4.78 is 1.29. The number of aromatic nitrogens is 1. The highest BCUT2D eigenvalue weighted by atomic mass is 32.1. The number of thiazole rings is 1. The van der Waals surface area contributed by atoms with E-state index in [0.29, 0.717) is 0 Å². The lowest BCUT2D eigenvalue weighted by Crippen LogP contribution is -2.32. The molecule has 1 fully saturated rings. The van der Waals surface area contributed by atoms with Gasteiger partial charge in [-0.2, -0.15) is 0 Å². The van der Waals surface area contributed by atoms with Crippen molar-refractivity contribution in [2.45, 2.75) is 40.2 Å². The molecular formula is C16H24N2S. The minimum absolute atomic E-state index is 0.910. The third-order valence-electron chi connectivity index (χ3n) is 3.68. The zero-order valence-electron chi connectivity index (χ0n) is 12.2. The summed E-state index contributed by atoms with van der Waals surface area (Å²) in [5.74, 6) is 0.910. The third kappa shape index (κ3) is 3.77. The average Bonchev–Trinajstić information content (AvgIpc) is 2.91. The molecule has 0 spiro atoms. The molecule has 0 amide bonds. The van der Waals surface area contributed by atoms with Crippen LogP contribution in [0, 0.1) is 5.92 Å². The number of nitrogens with zero attached hydrogens (tertiary/aromatic N) is 2. The molecule has 3 heteroatoms. The standard InChI is InChI=1S/C14H18N2S.C2H6/c1-11-4-6-16(7-5-11)9-12-2-3-14-13(8-12)15-10-17-14;1-2/h2-3,8,10-11H,4-7,9H2,1H3;1-2H3. The zero-order chi connectivity index (χ0) is 13.7. The van der Waals surface area contributed by atoms with E-state index in [1.807, 2.05) is 19.4 Å². The molecular weight excluding hydrogens is 252 g/mol. The van der Waals surface area contributed by atoms with E-state index in [0.717, 1.165) is 18.0 Å². The fourth-order valence-corrected chi connectivity index (χ4v) is 3.14. The van der Waals surface area contributed by atoms with Crippen LogP contribution in [0.2, 0.25) is 0 Å². The smallest absolute Gasteiger partial charge is 0.0815 e. The highest BCUT2D eigenvalue weighted by Gasteiger charge is 2.15. The van der Waals surface area contributed by atoms with E-state index in [4.69, 9.17) is 0 Å². The Hall–Kier alpha value is -0.930. The number of piperidine rings is 1. The van der Waals surface area contributed by atoms with Gasteiger partial charge in [0.05, 0.1) is 15.7 Å². The van der Waals surface area contributed by atoms with Crippen molar-refractivity contribution in [1.82, 2.24) is 9.88 Å². The fourth-order valence-electron chi connectivity index (χ4n) is 2.48. The Bertz CT molecular complexity index is 498. The molecule has 3 rings (SSSR count). The van der Waals surface area contributed by atoms with Crippen molar-refractivity contribution < 1.29 is 0 Å². The largest absolute Gasteiger partial charge is 0.299 e. The van der Waals surface area contributed by atoms with Gasteiger partial charge in [0.2, 0.25) is 0 Å². The Balaban J connectivity index is 0.000000637. The van der Waals surface area contributed by atoms with Gasteiger partial charge >= 0.3 is 0 Å². The third-order valence-corrected chi connectivity index (χ3v) is 4.49. The summed E-state index contributed by atoms with van der Waals surface area (Å²) in [6, 6.07) is 6.69. The van der Waals surface area contributed by atoms with Crippen LogP contribution in [0.15, 0.2) is 23.7 Å². The Kier molecular flexibility index (Phi) is 5.34. The summed E-state index contributed by atoms with van der Waals surface area (Å²) >= 11 is 1.72. The van der Waals surface area contributed by atoms with Gasteiger partial charge in [-0.05, 0) is 49.5 Å². The van der Waals surface area contributed by atoms with Crippen molar-refractivity contribution in [1.29, 1.82) is 0 Å². The minimum atomic E-state index is 0.910. The molecule has 0 aliphatic carbocycles. The number of benzene rings is 1. The highest BCUT2D eigenvalue weighted by Crippen LogP contribution is 2.22. The Labute approximate surface area is 120 Å². The van der Waals surface area contributed by atoms with Crippen LogP contribution < -0.4 is 0 Å². The van der Waals surface area contributed by atoms with E-state index in [1.54, 1.807) is 11.3 Å². The lowest BCUT2D eigenvalue weighted by molar-refractivity contribution is 0.185. The van der Waals surface area contributed by atoms with Gasteiger partial charge in [-0.15, -0.1) is 11.3 Å². The predicted molar refractivity (Wildman–Crippen MR) is 84.6 cm³/mol. The van der Waals surface area contributed by atoms with Gasteiger partial charge in [-0.3, -0.25) is 4.90 Å². The van der Waals surface area contributed by atoms with Crippen molar-refractivity contribution in [2.24, 2.45) is 5.92 Å². The molecule has 0 saturated carbocycles. The van der Waals surface area contributed by atoms with E-state index in [-0.39, 0.29) is 0 Å². The van der Waals surface area contributed by atoms with Crippen molar-refractivity contribution in [3.63, 3.8) is 0 Å². The summed E-state index contributed by atoms with van der Waals surface area (Å²) in [5, 5.41) is 0. The second-order valence-corrected chi connectivity index (χ2v) is 6.00. The van der Waals surface area contributed by atoms with Gasteiger partial charge in [-0.25, -0.2) is 4.98 Å². The van der Waals surface area contributed by atoms with Crippen molar-refractivity contribution in [3.05, 3.63) is 29.3 Å². The number of fused-ring (bicyclic) bond motifs is 1. The molecule has 19 heavy (non-hydrogen) atoms. The van der Waals surface area contributed by atoms with Gasteiger partial charge in [0.25, 0.3) is 0 Å². The van der Waals surface area contributed by atoms with E-state index in [9.17, 15) is 0 Å². The molecule has 1 saturated heterocycles. The number of likely N-dealkylation sites (tertiary alicyclic amines) is 1. The quantitative estimate of drug-likeness (QED) is 0.799. The second-order valence-electron chi connectivity index (χ2n) is 5.11. The summed E-state index contributed by atoms with van der Waals surface area (Å²) in [6.07, 6.45) is 2.69. The molecule has 2 heterocycles. The van der Waals surface area contributed by atoms with Crippen LogP contribution in [0.1, 0.15) is 39.2 Å². The number of rotatable bonds is 2. The normalized spacial score (nSPS) is 17.2. The summed E-state index contributed by atoms with van der Waals surface area (Å²) in [7, 11) is 0. The van der Waals surface area contributed by atoms with Crippen molar-refractivity contribution in [2.75, 3.05) is 13.1 Å². The first-order chi connectivity index (χ1) is 9.31. The molecule has 1 aliphatic rings. The molecule has 0 atom stereocenters. The van der Waals surface area contributed by atoms with E-state index >= 15 is 0 Å². The van der Waals surface area contributed by atoms with Gasteiger partial charge in [0.1, 0.15) is 0 Å². The van der Waals surface area contributed by atoms with Gasteiger partial charge in [0.15, 0.2) is 0 Å². The van der Waals surface area contributed by atoms with E-state index < -0.39 is 0 Å². The van der Waals surface area contributed by atoms with Crippen molar-refractivity contribution >= 4 is 21.6 Å². The van der Waals surface area contributed by atoms with Gasteiger partial charge in [-0.1, -0.05) is 26.8 Å². The molecule has 0 N–H and O–H groups in total. The van der Waals surface area contributed by atoms with Crippen LogP contribution >= 0.6 is 11.3 Å². The van der Waals surface area contributed by atoms with Gasteiger partial charge in [0, 0.05) is 6.54 Å². The first-order valence-corrected chi connectivity index (χ1v) is 8.24. The molecule has 2 nitrogen and oxygen atoms in total. The molecule has 104 valence electrons. The fraction of sp³-hybridized carbons (Fsp3) is 0.562. The SMILES string of the molecule is CC.CC1CCN(Cc2ccc3scnc3c2)CC1. The predicted octanol–water partition coefficient (Wildman–Crippen LogP) is 4.55. The van der Waals surface area contributed by atoms with Crippen LogP contribution in [0.4, 0.5) is 0 Å². The van der Waals surface area contributed by atoms with Crippen molar-refractivity contribution in [3.8, 4) is 0 Å². The molecule has 1 aromatic heterocycles. The van der Waals surface area contributed by atoms with E-state index in [2.05, 4.69) is 35.0 Å². The topological polar surface area (TPSA) is 16.1 Å². The second kappa shape index (κ2) is 7.01. The van der Waals surface area contributed by atoms with Crippen LogP contribution in [0.25, 0.3) is 10.2 Å². The molecule has 0 radical (unpaired) electrons. The first-order valence-electron chi connectivity index (χ1n) is 7.36. The Morgan fingerprint density at radius 1 is 1.26 bits per heavy atom. The van der Waals surface area contributed by atoms with Gasteiger partial charge < -0.3 is 0 Å². The lowest BCUT2D eigenvalue weighted by atomic mass is 9.99. The zero-order valence-corrected chi connectivity index (χ0v) is 13.0. The highest BCUT2D eigenvalue weighted by molar-refractivity contribution is 7.16. The maximum Gasteiger partial charge on any atom is 0.0815 e. The molecule has 2 aromatic rings. The number of hydrogen-bond donors (Lipinski definition) is 0. The summed E-state index contributed by atoms with van der Waals surface area (Å²) in [5.41, 5.74) is 4.48. The van der Waals surface area contributed by atoms with Crippen LogP contribution in [0.3, 0.4) is 0 Å². The maximum absolute atomic E-state index is 4.38. The maximum atomic E-state index is 4.38. The average molecular weight is 276 g/mol. The van der Waals surface area contributed by atoms with Crippen LogP contribution in [0.5, 0.6) is 0 Å². The van der Waals surface area contributed by atoms with Crippen LogP contribution in [-0.2, 0) is 6.54 Å². The van der Waals surface area contributed by atoms with Crippen LogP contribution in [-0.4, -0.2) is 23.0 Å². The molecule has 0 unspecified atom stereocenters. The molecule has 0 bridgehead atoms. The summed E-state index contributed by atoms with van der Waals surface area (Å²) in [6.45, 7) is 9.94. The molecule has 1 aliphatic heterocycles. The summed E-state index contributed by atoms with van der Waals surface area (Å²) in [4.78, 5) is 6.95. The minimum Gasteiger partial charge on any atom is -0.299 e. The molecule has 1 aromatic carbocycles. The first kappa shape index (κ1) is 14.5. The Morgan fingerprint density at radius 3 is 2.74 bits per heavy atom.